The van der Waals surface area contributed by atoms with Crippen LogP contribution in [0.15, 0.2) is 66.7 Å². The summed E-state index contributed by atoms with van der Waals surface area (Å²) in [5.41, 5.74) is 5.28. The zero-order valence-electron chi connectivity index (χ0n) is 21.4. The highest BCUT2D eigenvalue weighted by atomic mass is 32.1. The predicted molar refractivity (Wildman–Crippen MR) is 148 cm³/mol. The maximum absolute atomic E-state index is 13.1. The van der Waals surface area contributed by atoms with Crippen LogP contribution in [0.2, 0.25) is 0 Å². The van der Waals surface area contributed by atoms with Crippen molar-refractivity contribution in [3.8, 4) is 5.75 Å². The molecule has 2 N–H and O–H groups in total. The molecule has 1 aliphatic heterocycles. The van der Waals surface area contributed by atoms with E-state index in [1.807, 2.05) is 48.5 Å². The van der Waals surface area contributed by atoms with Crippen LogP contribution in [0, 0.1) is 6.92 Å². The molecule has 4 rings (SSSR count). The molecule has 0 spiro atoms. The van der Waals surface area contributed by atoms with Gasteiger partial charge in [-0.25, -0.2) is 0 Å². The molecule has 3 aromatic carbocycles. The minimum atomic E-state index is -0.303. The minimum Gasteiger partial charge on any atom is -0.487 e. The third-order valence-corrected chi connectivity index (χ3v) is 6.55. The molecule has 4 nitrogen and oxygen atoms in total. The average molecular weight is 487 g/mol. The van der Waals surface area contributed by atoms with Gasteiger partial charge >= 0.3 is 0 Å². The quantitative estimate of drug-likeness (QED) is 0.304. The van der Waals surface area contributed by atoms with Crippen LogP contribution < -0.4 is 15.4 Å². The van der Waals surface area contributed by atoms with Crippen molar-refractivity contribution in [2.45, 2.75) is 65.0 Å². The summed E-state index contributed by atoms with van der Waals surface area (Å²) in [7, 11) is 0. The molecule has 1 atom stereocenters. The lowest BCUT2D eigenvalue weighted by Gasteiger charge is -2.38. The van der Waals surface area contributed by atoms with Gasteiger partial charge in [-0.05, 0) is 67.7 Å². The summed E-state index contributed by atoms with van der Waals surface area (Å²) < 4.78 is 6.20. The Morgan fingerprint density at radius 3 is 2.40 bits per heavy atom. The molecule has 0 radical (unpaired) electrons. The molecule has 0 fully saturated rings. The summed E-state index contributed by atoms with van der Waals surface area (Å²) in [5.74, 6) is 0.884. The summed E-state index contributed by atoms with van der Waals surface area (Å²) in [6.45, 7) is 12.7. The van der Waals surface area contributed by atoms with E-state index >= 15 is 0 Å². The average Bonchev–Trinajstić information content (AvgIpc) is 2.77. The topological polar surface area (TPSA) is 50.4 Å². The largest absolute Gasteiger partial charge is 0.487 e. The Kier molecular flexibility index (Phi) is 6.74. The molecule has 3 aromatic rings. The number of aryl methyl sites for hydroxylation is 1. The Balaban J connectivity index is 1.47. The molecular weight excluding hydrogens is 452 g/mol. The van der Waals surface area contributed by atoms with Gasteiger partial charge in [-0.2, -0.15) is 0 Å². The molecular formula is C30H34N2O2S. The second kappa shape index (κ2) is 9.46. The van der Waals surface area contributed by atoms with E-state index in [0.29, 0.717) is 16.2 Å². The number of ketones is 1. The lowest BCUT2D eigenvalue weighted by molar-refractivity contribution is 0.0696. The van der Waals surface area contributed by atoms with Crippen LogP contribution in [0.5, 0.6) is 5.75 Å². The Bertz CT molecular complexity index is 1260. The first-order valence-corrected chi connectivity index (χ1v) is 12.4. The van der Waals surface area contributed by atoms with Crippen LogP contribution in [0.4, 0.5) is 5.69 Å². The van der Waals surface area contributed by atoms with Crippen LogP contribution in [-0.4, -0.2) is 16.5 Å². The van der Waals surface area contributed by atoms with E-state index in [1.54, 1.807) is 0 Å². The Hall–Kier alpha value is -3.18. The van der Waals surface area contributed by atoms with Crippen molar-refractivity contribution < 1.29 is 9.53 Å². The van der Waals surface area contributed by atoms with Crippen LogP contribution >= 0.6 is 12.2 Å². The number of carbonyl (C=O) groups is 1. The lowest BCUT2D eigenvalue weighted by Crippen LogP contribution is -2.42. The summed E-state index contributed by atoms with van der Waals surface area (Å²) in [6.07, 6.45) is 0.786. The van der Waals surface area contributed by atoms with E-state index < -0.39 is 0 Å². The van der Waals surface area contributed by atoms with Crippen LogP contribution in [-0.2, 0) is 5.41 Å². The van der Waals surface area contributed by atoms with Crippen molar-refractivity contribution in [1.82, 2.24) is 5.32 Å². The summed E-state index contributed by atoms with van der Waals surface area (Å²) in [5, 5.41) is 7.23. The van der Waals surface area contributed by atoms with Crippen molar-refractivity contribution in [2.24, 2.45) is 0 Å². The highest BCUT2D eigenvalue weighted by Crippen LogP contribution is 2.40. The number of benzene rings is 3. The number of hydrogen-bond acceptors (Lipinski definition) is 3. The van der Waals surface area contributed by atoms with Gasteiger partial charge in [0.15, 0.2) is 10.9 Å². The number of hydrogen-bond donors (Lipinski definition) is 2. The number of carbonyl (C=O) groups excluding carboxylic acids is 1. The maximum atomic E-state index is 13.1. The molecule has 0 aromatic heterocycles. The van der Waals surface area contributed by atoms with Crippen LogP contribution in [0.1, 0.15) is 79.7 Å². The van der Waals surface area contributed by atoms with E-state index in [4.69, 9.17) is 17.0 Å². The molecule has 1 aliphatic rings. The third kappa shape index (κ3) is 5.91. The number of rotatable bonds is 4. The van der Waals surface area contributed by atoms with Crippen LogP contribution in [0.25, 0.3) is 0 Å². The molecule has 5 heteroatoms. The number of fused-ring (bicyclic) bond motifs is 1. The third-order valence-electron chi connectivity index (χ3n) is 6.33. The van der Waals surface area contributed by atoms with E-state index in [1.165, 1.54) is 5.56 Å². The van der Waals surface area contributed by atoms with E-state index in [0.717, 1.165) is 29.0 Å². The molecule has 0 saturated heterocycles. The SMILES string of the molecule is Cc1ccc2c(c1)OC(C)(C)CC2NC(=S)Nc1cccc(C(=O)c2ccc(C(C)(C)C)cc2)c1. The van der Waals surface area contributed by atoms with Crippen molar-refractivity contribution >= 4 is 28.8 Å². The van der Waals surface area contributed by atoms with Gasteiger partial charge < -0.3 is 15.4 Å². The summed E-state index contributed by atoms with van der Waals surface area (Å²) in [6, 6.07) is 21.6. The predicted octanol–water partition coefficient (Wildman–Crippen LogP) is 7.11. The van der Waals surface area contributed by atoms with E-state index in [-0.39, 0.29) is 22.8 Å². The Labute approximate surface area is 214 Å². The summed E-state index contributed by atoms with van der Waals surface area (Å²) in [4.78, 5) is 13.1. The first-order chi connectivity index (χ1) is 16.4. The fourth-order valence-electron chi connectivity index (χ4n) is 4.44. The number of anilines is 1. The molecule has 1 heterocycles. The first kappa shape index (κ1) is 24.9. The van der Waals surface area contributed by atoms with Crippen molar-refractivity contribution in [3.05, 3.63) is 94.5 Å². The van der Waals surface area contributed by atoms with Gasteiger partial charge in [0.25, 0.3) is 0 Å². The highest BCUT2D eigenvalue weighted by molar-refractivity contribution is 7.80. The lowest BCUT2D eigenvalue weighted by atomic mass is 9.86. The van der Waals surface area contributed by atoms with Gasteiger partial charge in [-0.1, -0.05) is 69.3 Å². The second-order valence-electron chi connectivity index (χ2n) is 11.0. The zero-order chi connectivity index (χ0) is 25.4. The van der Waals surface area contributed by atoms with Gasteiger partial charge in [0.2, 0.25) is 0 Å². The second-order valence-corrected chi connectivity index (χ2v) is 11.4. The fourth-order valence-corrected chi connectivity index (χ4v) is 4.70. The molecule has 0 aliphatic carbocycles. The fraction of sp³-hybridized carbons (Fsp3) is 0.333. The first-order valence-electron chi connectivity index (χ1n) is 12.0. The molecule has 182 valence electrons. The smallest absolute Gasteiger partial charge is 0.193 e. The zero-order valence-corrected chi connectivity index (χ0v) is 22.2. The molecule has 0 bridgehead atoms. The van der Waals surface area contributed by atoms with Crippen molar-refractivity contribution in [3.63, 3.8) is 0 Å². The van der Waals surface area contributed by atoms with Gasteiger partial charge in [0.1, 0.15) is 11.4 Å². The number of thiocarbonyl (C=S) groups is 1. The molecule has 0 saturated carbocycles. The normalized spacial score (nSPS) is 16.6. The van der Waals surface area contributed by atoms with Crippen LogP contribution in [0.3, 0.4) is 0 Å². The monoisotopic (exact) mass is 486 g/mol. The van der Waals surface area contributed by atoms with E-state index in [9.17, 15) is 4.79 Å². The highest BCUT2D eigenvalue weighted by Gasteiger charge is 2.34. The van der Waals surface area contributed by atoms with Crippen molar-refractivity contribution in [1.29, 1.82) is 0 Å². The number of nitrogens with one attached hydrogen (secondary N) is 2. The number of ether oxygens (including phenoxy) is 1. The maximum Gasteiger partial charge on any atom is 0.193 e. The summed E-state index contributed by atoms with van der Waals surface area (Å²) >= 11 is 5.65. The minimum absolute atomic E-state index is 0.0107. The molecule has 0 amide bonds. The van der Waals surface area contributed by atoms with Crippen molar-refractivity contribution in [2.75, 3.05) is 5.32 Å². The van der Waals surface area contributed by atoms with Gasteiger partial charge in [-0.3, -0.25) is 4.79 Å². The molecule has 1 unspecified atom stereocenters. The molecule has 35 heavy (non-hydrogen) atoms. The Morgan fingerprint density at radius 1 is 1.00 bits per heavy atom. The standard InChI is InChI=1S/C30H34N2O2S/c1-19-10-15-24-25(18-30(5,6)34-26(24)16-19)32-28(35)31-23-9-7-8-21(17-23)27(33)20-11-13-22(14-12-20)29(2,3)4/h7-17,25H,18H2,1-6H3,(H2,31,32,35). The van der Waals surface area contributed by atoms with Gasteiger partial charge in [0.05, 0.1) is 6.04 Å². The van der Waals surface area contributed by atoms with Gasteiger partial charge in [0, 0.05) is 28.8 Å². The Morgan fingerprint density at radius 2 is 1.71 bits per heavy atom. The van der Waals surface area contributed by atoms with E-state index in [2.05, 4.69) is 70.4 Å². The van der Waals surface area contributed by atoms with Gasteiger partial charge in [-0.15, -0.1) is 0 Å².